The Morgan fingerprint density at radius 1 is 1.33 bits per heavy atom. The second-order valence-corrected chi connectivity index (χ2v) is 4.41. The predicted octanol–water partition coefficient (Wildman–Crippen LogP) is 2.06. The molecule has 0 aliphatic heterocycles. The number of imidazole rings is 1. The molecule has 0 fully saturated rings. The maximum Gasteiger partial charge on any atom is 0.119 e. The zero-order valence-electron chi connectivity index (χ0n) is 10.8. The molecular weight excluding hydrogens is 226 g/mol. The van der Waals surface area contributed by atoms with E-state index in [0.717, 1.165) is 23.6 Å². The lowest BCUT2D eigenvalue weighted by atomic mass is 10.1. The van der Waals surface area contributed by atoms with E-state index in [1.165, 1.54) is 0 Å². The molecule has 0 bridgehead atoms. The molecule has 4 nitrogen and oxygen atoms in total. The summed E-state index contributed by atoms with van der Waals surface area (Å²) in [5.41, 5.74) is 6.91. The second kappa shape index (κ2) is 5.69. The number of nitrogens with zero attached hydrogens (tertiary/aromatic N) is 2. The number of benzene rings is 1. The Bertz CT molecular complexity index is 488. The Morgan fingerprint density at radius 3 is 2.61 bits per heavy atom. The number of hydrogen-bond acceptors (Lipinski definition) is 3. The fourth-order valence-electron chi connectivity index (χ4n) is 1.77. The fourth-order valence-corrected chi connectivity index (χ4v) is 1.77. The molecule has 18 heavy (non-hydrogen) atoms. The SMILES string of the molecule is C[C@H](N)c1ccc(OCCc2nccn2C)cc1. The van der Waals surface area contributed by atoms with E-state index >= 15 is 0 Å². The highest BCUT2D eigenvalue weighted by Gasteiger charge is 2.01. The van der Waals surface area contributed by atoms with Crippen molar-refractivity contribution in [1.29, 1.82) is 0 Å². The molecule has 1 atom stereocenters. The number of rotatable bonds is 5. The number of ether oxygens (including phenoxy) is 1. The van der Waals surface area contributed by atoms with Gasteiger partial charge in [-0.1, -0.05) is 12.1 Å². The van der Waals surface area contributed by atoms with Gasteiger partial charge in [0.15, 0.2) is 0 Å². The lowest BCUT2D eigenvalue weighted by Gasteiger charge is -2.09. The van der Waals surface area contributed by atoms with Gasteiger partial charge >= 0.3 is 0 Å². The Balaban J connectivity index is 1.85. The summed E-state index contributed by atoms with van der Waals surface area (Å²) in [6.07, 6.45) is 4.54. The van der Waals surface area contributed by atoms with Crippen LogP contribution in [0.4, 0.5) is 0 Å². The predicted molar refractivity (Wildman–Crippen MR) is 71.5 cm³/mol. The van der Waals surface area contributed by atoms with Gasteiger partial charge in [0.05, 0.1) is 6.61 Å². The largest absolute Gasteiger partial charge is 0.493 e. The molecule has 2 N–H and O–H groups in total. The van der Waals surface area contributed by atoms with Gasteiger partial charge in [-0.05, 0) is 24.6 Å². The lowest BCUT2D eigenvalue weighted by molar-refractivity contribution is 0.317. The highest BCUT2D eigenvalue weighted by molar-refractivity contribution is 5.28. The van der Waals surface area contributed by atoms with E-state index in [1.54, 1.807) is 6.20 Å². The van der Waals surface area contributed by atoms with E-state index in [0.29, 0.717) is 6.61 Å². The molecule has 0 radical (unpaired) electrons. The van der Waals surface area contributed by atoms with Gasteiger partial charge in [0.1, 0.15) is 11.6 Å². The monoisotopic (exact) mass is 245 g/mol. The van der Waals surface area contributed by atoms with E-state index < -0.39 is 0 Å². The van der Waals surface area contributed by atoms with Crippen LogP contribution >= 0.6 is 0 Å². The molecule has 0 aliphatic carbocycles. The van der Waals surface area contributed by atoms with Gasteiger partial charge in [-0.25, -0.2) is 4.98 Å². The molecule has 1 heterocycles. The van der Waals surface area contributed by atoms with Gasteiger partial charge in [0.2, 0.25) is 0 Å². The Morgan fingerprint density at radius 2 is 2.06 bits per heavy atom. The summed E-state index contributed by atoms with van der Waals surface area (Å²) in [7, 11) is 1.99. The van der Waals surface area contributed by atoms with Crippen molar-refractivity contribution in [2.75, 3.05) is 6.61 Å². The first kappa shape index (κ1) is 12.6. The molecule has 2 rings (SSSR count). The minimum absolute atomic E-state index is 0.0617. The lowest BCUT2D eigenvalue weighted by Crippen LogP contribution is -2.07. The Kier molecular flexibility index (Phi) is 3.99. The highest BCUT2D eigenvalue weighted by Crippen LogP contribution is 2.16. The Labute approximate surface area is 107 Å². The van der Waals surface area contributed by atoms with Crippen molar-refractivity contribution in [3.05, 3.63) is 48.0 Å². The van der Waals surface area contributed by atoms with Crippen molar-refractivity contribution in [3.8, 4) is 5.75 Å². The van der Waals surface area contributed by atoms with Gasteiger partial charge in [0.25, 0.3) is 0 Å². The van der Waals surface area contributed by atoms with E-state index in [9.17, 15) is 0 Å². The minimum Gasteiger partial charge on any atom is -0.493 e. The van der Waals surface area contributed by atoms with Crippen LogP contribution in [0, 0.1) is 0 Å². The molecule has 0 aliphatic rings. The second-order valence-electron chi connectivity index (χ2n) is 4.41. The van der Waals surface area contributed by atoms with E-state index in [-0.39, 0.29) is 6.04 Å². The first-order valence-electron chi connectivity index (χ1n) is 6.11. The van der Waals surface area contributed by atoms with E-state index in [4.69, 9.17) is 10.5 Å². The van der Waals surface area contributed by atoms with Gasteiger partial charge in [0, 0.05) is 31.9 Å². The summed E-state index contributed by atoms with van der Waals surface area (Å²) in [4.78, 5) is 4.25. The van der Waals surface area contributed by atoms with Crippen LogP contribution in [0.5, 0.6) is 5.75 Å². The van der Waals surface area contributed by atoms with Crippen LogP contribution in [0.2, 0.25) is 0 Å². The highest BCUT2D eigenvalue weighted by atomic mass is 16.5. The van der Waals surface area contributed by atoms with Crippen LogP contribution in [-0.4, -0.2) is 16.2 Å². The van der Waals surface area contributed by atoms with Crippen molar-refractivity contribution >= 4 is 0 Å². The molecule has 0 amide bonds. The zero-order chi connectivity index (χ0) is 13.0. The van der Waals surface area contributed by atoms with Gasteiger partial charge in [-0.3, -0.25) is 0 Å². The third kappa shape index (κ3) is 3.11. The van der Waals surface area contributed by atoms with Crippen LogP contribution < -0.4 is 10.5 Å². The average Bonchev–Trinajstić information content (AvgIpc) is 2.76. The molecule has 0 spiro atoms. The molecule has 0 saturated carbocycles. The number of nitrogens with two attached hydrogens (primary N) is 1. The molecule has 4 heteroatoms. The van der Waals surface area contributed by atoms with E-state index in [1.807, 2.05) is 49.0 Å². The van der Waals surface area contributed by atoms with Gasteiger partial charge < -0.3 is 15.0 Å². The summed E-state index contributed by atoms with van der Waals surface area (Å²) < 4.78 is 7.68. The van der Waals surface area contributed by atoms with Crippen molar-refractivity contribution in [1.82, 2.24) is 9.55 Å². The summed E-state index contributed by atoms with van der Waals surface area (Å²) in [5, 5.41) is 0. The number of hydrogen-bond donors (Lipinski definition) is 1. The molecule has 0 saturated heterocycles. The van der Waals surface area contributed by atoms with Crippen molar-refractivity contribution in [2.45, 2.75) is 19.4 Å². The zero-order valence-corrected chi connectivity index (χ0v) is 10.8. The first-order valence-corrected chi connectivity index (χ1v) is 6.11. The third-order valence-corrected chi connectivity index (χ3v) is 2.92. The number of aryl methyl sites for hydroxylation is 1. The summed E-state index contributed by atoms with van der Waals surface area (Å²) in [5.74, 6) is 1.90. The van der Waals surface area contributed by atoms with Crippen molar-refractivity contribution in [3.63, 3.8) is 0 Å². The van der Waals surface area contributed by atoms with Crippen LogP contribution in [0.3, 0.4) is 0 Å². The van der Waals surface area contributed by atoms with Gasteiger partial charge in [-0.15, -0.1) is 0 Å². The van der Waals surface area contributed by atoms with Crippen LogP contribution in [-0.2, 0) is 13.5 Å². The maximum absolute atomic E-state index is 5.79. The van der Waals surface area contributed by atoms with Crippen LogP contribution in [0.15, 0.2) is 36.7 Å². The molecule has 2 aromatic rings. The van der Waals surface area contributed by atoms with Crippen LogP contribution in [0.1, 0.15) is 24.4 Å². The summed E-state index contributed by atoms with van der Waals surface area (Å²) in [6.45, 7) is 2.60. The molecule has 1 aromatic heterocycles. The fraction of sp³-hybridized carbons (Fsp3) is 0.357. The molecule has 96 valence electrons. The molecular formula is C14H19N3O. The third-order valence-electron chi connectivity index (χ3n) is 2.92. The maximum atomic E-state index is 5.79. The smallest absolute Gasteiger partial charge is 0.119 e. The average molecular weight is 245 g/mol. The van der Waals surface area contributed by atoms with Crippen molar-refractivity contribution in [2.24, 2.45) is 12.8 Å². The standard InChI is InChI=1S/C14H19N3O/c1-11(15)12-3-5-13(6-4-12)18-10-7-14-16-8-9-17(14)2/h3-6,8-9,11H,7,10,15H2,1-2H3/t11-/m0/s1. The van der Waals surface area contributed by atoms with Crippen molar-refractivity contribution < 1.29 is 4.74 Å². The van der Waals surface area contributed by atoms with Gasteiger partial charge in [-0.2, -0.15) is 0 Å². The Hall–Kier alpha value is -1.81. The minimum atomic E-state index is 0.0617. The topological polar surface area (TPSA) is 53.1 Å². The molecule has 0 unspecified atom stereocenters. The summed E-state index contributed by atoms with van der Waals surface area (Å²) >= 11 is 0. The molecule has 1 aromatic carbocycles. The summed E-state index contributed by atoms with van der Waals surface area (Å²) in [6, 6.07) is 7.97. The number of aromatic nitrogens is 2. The normalized spacial score (nSPS) is 12.4. The quantitative estimate of drug-likeness (QED) is 0.877. The van der Waals surface area contributed by atoms with Crippen LogP contribution in [0.25, 0.3) is 0 Å². The van der Waals surface area contributed by atoms with E-state index in [2.05, 4.69) is 4.98 Å². The first-order chi connectivity index (χ1) is 8.66.